The van der Waals surface area contributed by atoms with Crippen LogP contribution in [0.2, 0.25) is 0 Å². The van der Waals surface area contributed by atoms with Gasteiger partial charge < -0.3 is 18.9 Å². The number of carbonyl (C=O) groups excluding carboxylic acids is 1. The van der Waals surface area contributed by atoms with Crippen molar-refractivity contribution in [1.82, 2.24) is 4.90 Å². The maximum absolute atomic E-state index is 14.7. The molecule has 5 nitrogen and oxygen atoms in total. The molecule has 2 aliphatic heterocycles. The maximum Gasteiger partial charge on any atom is 0.495 e. The third kappa shape index (κ3) is 3.88. The fourth-order valence-corrected chi connectivity index (χ4v) is 3.30. The summed E-state index contributed by atoms with van der Waals surface area (Å²) in [7, 11) is 0.651. The second-order valence-corrected chi connectivity index (χ2v) is 8.36. The highest BCUT2D eigenvalue weighted by atomic mass is 19.1. The Bertz CT molecular complexity index is 695. The van der Waals surface area contributed by atoms with Gasteiger partial charge in [0.1, 0.15) is 17.2 Å². The first-order valence-electron chi connectivity index (χ1n) is 9.19. The van der Waals surface area contributed by atoms with E-state index in [1.807, 2.05) is 27.7 Å². The van der Waals surface area contributed by atoms with Gasteiger partial charge >= 0.3 is 7.12 Å². The zero-order valence-corrected chi connectivity index (χ0v) is 16.5. The summed E-state index contributed by atoms with van der Waals surface area (Å²) in [6.45, 7) is 9.05. The average molecular weight is 381 g/mol. The Labute approximate surface area is 159 Å². The van der Waals surface area contributed by atoms with E-state index in [1.54, 1.807) is 7.05 Å². The average Bonchev–Trinajstić information content (AvgIpc) is 3.12. The van der Waals surface area contributed by atoms with Crippen LogP contribution in [0.4, 0.5) is 8.78 Å². The van der Waals surface area contributed by atoms with E-state index in [0.717, 1.165) is 18.6 Å². The van der Waals surface area contributed by atoms with Crippen LogP contribution in [-0.4, -0.2) is 55.9 Å². The fourth-order valence-electron chi connectivity index (χ4n) is 3.30. The zero-order valence-electron chi connectivity index (χ0n) is 16.5. The molecule has 0 radical (unpaired) electrons. The molecular formula is C19H26BF2NO4. The number of nitrogens with zero attached hydrogens (tertiary/aromatic N) is 1. The van der Waals surface area contributed by atoms with Gasteiger partial charge in [-0.15, -0.1) is 0 Å². The second-order valence-electron chi connectivity index (χ2n) is 8.36. The minimum atomic E-state index is -0.917. The topological polar surface area (TPSA) is 48.0 Å². The first kappa shape index (κ1) is 20.2. The van der Waals surface area contributed by atoms with Crippen LogP contribution in [0.5, 0.6) is 0 Å². The molecule has 0 spiro atoms. The lowest BCUT2D eigenvalue weighted by Gasteiger charge is -2.32. The third-order valence-electron chi connectivity index (χ3n) is 5.71. The number of benzene rings is 1. The van der Waals surface area contributed by atoms with Crippen LogP contribution in [0.3, 0.4) is 0 Å². The molecule has 3 rings (SSSR count). The lowest BCUT2D eigenvalue weighted by atomic mass is 9.78. The van der Waals surface area contributed by atoms with E-state index in [2.05, 4.69) is 0 Å². The predicted molar refractivity (Wildman–Crippen MR) is 98.0 cm³/mol. The van der Waals surface area contributed by atoms with E-state index >= 15 is 0 Å². The molecule has 2 fully saturated rings. The molecule has 2 aliphatic rings. The fraction of sp³-hybridized carbons (Fsp3) is 0.632. The number of hydrogen-bond acceptors (Lipinski definition) is 4. The molecule has 0 bridgehead atoms. The van der Waals surface area contributed by atoms with Gasteiger partial charge in [-0.2, -0.15) is 0 Å². The minimum absolute atomic E-state index is 0.189. The summed E-state index contributed by atoms with van der Waals surface area (Å²) < 4.78 is 46.2. The largest absolute Gasteiger partial charge is 0.495 e. The summed E-state index contributed by atoms with van der Waals surface area (Å²) in [5.41, 5.74) is -1.59. The van der Waals surface area contributed by atoms with E-state index in [-0.39, 0.29) is 11.4 Å². The molecule has 1 atom stereocenters. The molecule has 27 heavy (non-hydrogen) atoms. The predicted octanol–water partition coefficient (Wildman–Crippen LogP) is 2.37. The summed E-state index contributed by atoms with van der Waals surface area (Å²) in [6, 6.07) is 2.23. The van der Waals surface area contributed by atoms with E-state index < -0.39 is 41.4 Å². The van der Waals surface area contributed by atoms with Crippen molar-refractivity contribution in [2.45, 2.75) is 45.3 Å². The van der Waals surface area contributed by atoms with Gasteiger partial charge in [0.15, 0.2) is 0 Å². The number of rotatable bonds is 4. The number of halogens is 2. The third-order valence-corrected chi connectivity index (χ3v) is 5.71. The lowest BCUT2D eigenvalue weighted by molar-refractivity contribution is 0.00578. The van der Waals surface area contributed by atoms with Crippen LogP contribution in [0.15, 0.2) is 12.1 Å². The molecule has 0 N–H and O–H groups in total. The van der Waals surface area contributed by atoms with Crippen LogP contribution in [-0.2, 0) is 14.0 Å². The van der Waals surface area contributed by atoms with Gasteiger partial charge in [-0.1, -0.05) is 0 Å². The Hall–Kier alpha value is -1.51. The van der Waals surface area contributed by atoms with Crippen molar-refractivity contribution >= 4 is 18.5 Å². The summed E-state index contributed by atoms with van der Waals surface area (Å²) in [5.74, 6) is -2.33. The van der Waals surface area contributed by atoms with Gasteiger partial charge in [0.05, 0.1) is 17.8 Å². The molecule has 0 aliphatic carbocycles. The summed E-state index contributed by atoms with van der Waals surface area (Å²) in [5, 5.41) is 0. The molecule has 8 heteroatoms. The van der Waals surface area contributed by atoms with Crippen molar-refractivity contribution in [2.75, 3.05) is 26.8 Å². The van der Waals surface area contributed by atoms with Gasteiger partial charge in [-0.25, -0.2) is 8.78 Å². The number of carbonyl (C=O) groups is 1. The first-order chi connectivity index (χ1) is 12.5. The van der Waals surface area contributed by atoms with Crippen LogP contribution in [0.1, 0.15) is 44.5 Å². The van der Waals surface area contributed by atoms with Crippen LogP contribution < -0.4 is 5.46 Å². The highest BCUT2D eigenvalue weighted by Gasteiger charge is 2.52. The van der Waals surface area contributed by atoms with Gasteiger partial charge in [-0.3, -0.25) is 4.79 Å². The highest BCUT2D eigenvalue weighted by Crippen LogP contribution is 2.36. The zero-order chi connectivity index (χ0) is 20.0. The molecular weight excluding hydrogens is 355 g/mol. The summed E-state index contributed by atoms with van der Waals surface area (Å²) in [6.07, 6.45) is 0.837. The lowest BCUT2D eigenvalue weighted by Crippen LogP contribution is -2.41. The molecule has 0 aromatic heterocycles. The van der Waals surface area contributed by atoms with E-state index in [9.17, 15) is 13.6 Å². The van der Waals surface area contributed by atoms with E-state index in [4.69, 9.17) is 14.0 Å². The van der Waals surface area contributed by atoms with Crippen molar-refractivity contribution < 1.29 is 27.6 Å². The normalized spacial score (nSPS) is 23.7. The van der Waals surface area contributed by atoms with Crippen molar-refractivity contribution in [3.05, 3.63) is 29.3 Å². The Balaban J connectivity index is 1.80. The minimum Gasteiger partial charge on any atom is -0.399 e. The number of ether oxygens (including phenoxy) is 1. The highest BCUT2D eigenvalue weighted by molar-refractivity contribution is 6.62. The second kappa shape index (κ2) is 7.15. The Morgan fingerprint density at radius 3 is 2.22 bits per heavy atom. The van der Waals surface area contributed by atoms with Gasteiger partial charge in [0.25, 0.3) is 5.91 Å². The quantitative estimate of drug-likeness (QED) is 0.752. The smallest absolute Gasteiger partial charge is 0.399 e. The Morgan fingerprint density at radius 1 is 1.19 bits per heavy atom. The molecule has 1 unspecified atom stereocenters. The van der Waals surface area contributed by atoms with Gasteiger partial charge in [0, 0.05) is 26.1 Å². The van der Waals surface area contributed by atoms with Gasteiger partial charge in [-0.05, 0) is 51.7 Å². The molecule has 1 amide bonds. The SMILES string of the molecule is CN(CC1CCOC1)C(=O)c1c(F)cc(B2OC(C)(C)C(C)(C)O2)cc1F. The standard InChI is InChI=1S/C19H26BF2NO4/c1-18(2)19(3,4)27-20(26-18)13-8-14(21)16(15(22)9-13)17(24)23(5)10-12-6-7-25-11-12/h8-9,12H,6-7,10-11H2,1-5H3. The van der Waals surface area contributed by atoms with Crippen LogP contribution >= 0.6 is 0 Å². The van der Waals surface area contributed by atoms with Crippen LogP contribution in [0, 0.1) is 17.6 Å². The molecule has 2 heterocycles. The molecule has 2 saturated heterocycles. The monoisotopic (exact) mass is 381 g/mol. The maximum atomic E-state index is 14.7. The number of hydrogen-bond donors (Lipinski definition) is 0. The number of amides is 1. The van der Waals surface area contributed by atoms with Gasteiger partial charge in [0.2, 0.25) is 0 Å². The van der Waals surface area contributed by atoms with Crippen molar-refractivity contribution in [2.24, 2.45) is 5.92 Å². The molecule has 1 aromatic carbocycles. The first-order valence-corrected chi connectivity index (χ1v) is 9.19. The van der Waals surface area contributed by atoms with Crippen molar-refractivity contribution in [1.29, 1.82) is 0 Å². The molecule has 1 aromatic rings. The Morgan fingerprint density at radius 2 is 1.74 bits per heavy atom. The van der Waals surface area contributed by atoms with E-state index in [0.29, 0.717) is 19.8 Å². The van der Waals surface area contributed by atoms with Crippen molar-refractivity contribution in [3.8, 4) is 0 Å². The Kier molecular flexibility index (Phi) is 5.36. The molecule has 148 valence electrons. The van der Waals surface area contributed by atoms with E-state index in [1.165, 1.54) is 4.90 Å². The van der Waals surface area contributed by atoms with Crippen LogP contribution in [0.25, 0.3) is 0 Å². The summed E-state index contributed by atoms with van der Waals surface area (Å²) in [4.78, 5) is 13.9. The molecule has 0 saturated carbocycles. The van der Waals surface area contributed by atoms with Crippen molar-refractivity contribution in [3.63, 3.8) is 0 Å². The summed E-state index contributed by atoms with van der Waals surface area (Å²) >= 11 is 0.